The second kappa shape index (κ2) is 5.72. The number of halogens is 1. The number of sulfone groups is 1. The molecule has 1 aromatic rings. The van der Waals surface area contributed by atoms with E-state index in [0.29, 0.717) is 6.61 Å². The molecule has 2 rings (SSSR count). The van der Waals surface area contributed by atoms with Gasteiger partial charge < -0.3 is 14.8 Å². The van der Waals surface area contributed by atoms with Crippen LogP contribution >= 0.6 is 11.6 Å². The topological polar surface area (TPSA) is 81.7 Å². The van der Waals surface area contributed by atoms with Crippen molar-refractivity contribution in [3.05, 3.63) is 35.2 Å². The molecular weight excluding hydrogens is 306 g/mol. The van der Waals surface area contributed by atoms with E-state index in [4.69, 9.17) is 21.1 Å². The number of hydrogen-bond acceptors (Lipinski definition) is 5. The van der Waals surface area contributed by atoms with Crippen molar-refractivity contribution >= 4 is 33.0 Å². The van der Waals surface area contributed by atoms with Crippen LogP contribution in [0.25, 0.3) is 0 Å². The smallest absolute Gasteiger partial charge is 0.294 e. The first-order valence-corrected chi connectivity index (χ1v) is 7.90. The number of ether oxygens (including phenoxy) is 2. The minimum Gasteiger partial charge on any atom is -0.494 e. The highest BCUT2D eigenvalue weighted by atomic mass is 35.5. The molecule has 8 heteroatoms. The molecule has 0 bridgehead atoms. The van der Waals surface area contributed by atoms with Crippen molar-refractivity contribution in [3.8, 4) is 0 Å². The summed E-state index contributed by atoms with van der Waals surface area (Å²) >= 11 is 5.93. The number of anilines is 1. The maximum atomic E-state index is 11.9. The van der Waals surface area contributed by atoms with Crippen molar-refractivity contribution in [3.63, 3.8) is 0 Å². The van der Waals surface area contributed by atoms with E-state index >= 15 is 0 Å². The van der Waals surface area contributed by atoms with Gasteiger partial charge in [-0.1, -0.05) is 11.6 Å². The molecule has 0 fully saturated rings. The normalized spacial score (nSPS) is 14.8. The standard InChI is InChI=1S/C12H12ClNO5S/c1-20(16,17)8-2-3-9(13)10(6-8)14-12(15)11-7-18-4-5-19-11/h2-3,6-7H,4-5H2,1H3,(H,14,15). The van der Waals surface area contributed by atoms with Crippen LogP contribution in [-0.2, 0) is 24.1 Å². The second-order valence-corrected chi connectivity index (χ2v) is 6.49. The Bertz CT molecular complexity index is 668. The first-order chi connectivity index (χ1) is 9.38. The summed E-state index contributed by atoms with van der Waals surface area (Å²) in [6.07, 6.45) is 2.27. The van der Waals surface area contributed by atoms with E-state index in [-0.39, 0.29) is 28.0 Å². The summed E-state index contributed by atoms with van der Waals surface area (Å²) in [5, 5.41) is 2.71. The van der Waals surface area contributed by atoms with Crippen molar-refractivity contribution in [2.75, 3.05) is 24.8 Å². The third-order valence-corrected chi connectivity index (χ3v) is 3.93. The zero-order valence-corrected chi connectivity index (χ0v) is 12.1. The van der Waals surface area contributed by atoms with Crippen LogP contribution in [0.3, 0.4) is 0 Å². The van der Waals surface area contributed by atoms with Crippen LogP contribution in [-0.4, -0.2) is 33.8 Å². The van der Waals surface area contributed by atoms with Crippen molar-refractivity contribution in [1.29, 1.82) is 0 Å². The van der Waals surface area contributed by atoms with E-state index < -0.39 is 15.7 Å². The summed E-state index contributed by atoms with van der Waals surface area (Å²) in [5.41, 5.74) is 0.190. The molecule has 0 aliphatic carbocycles. The largest absolute Gasteiger partial charge is 0.494 e. The summed E-state index contributed by atoms with van der Waals surface area (Å²) in [7, 11) is -3.38. The Balaban J connectivity index is 2.24. The molecule has 0 unspecified atom stereocenters. The van der Waals surface area contributed by atoms with Gasteiger partial charge in [-0.25, -0.2) is 8.42 Å². The average molecular weight is 318 g/mol. The molecule has 0 radical (unpaired) electrons. The Labute approximate surface area is 121 Å². The van der Waals surface area contributed by atoms with Crippen molar-refractivity contribution < 1.29 is 22.7 Å². The quantitative estimate of drug-likeness (QED) is 0.915. The Morgan fingerprint density at radius 1 is 1.35 bits per heavy atom. The molecule has 1 aliphatic heterocycles. The lowest BCUT2D eigenvalue weighted by atomic mass is 10.3. The highest BCUT2D eigenvalue weighted by Crippen LogP contribution is 2.26. The van der Waals surface area contributed by atoms with E-state index in [2.05, 4.69) is 5.32 Å². The van der Waals surface area contributed by atoms with Crippen LogP contribution in [0.4, 0.5) is 5.69 Å². The number of benzene rings is 1. The molecule has 20 heavy (non-hydrogen) atoms. The van der Waals surface area contributed by atoms with E-state index in [1.165, 1.54) is 24.5 Å². The van der Waals surface area contributed by atoms with Gasteiger partial charge >= 0.3 is 0 Å². The molecule has 108 valence electrons. The zero-order valence-electron chi connectivity index (χ0n) is 10.6. The summed E-state index contributed by atoms with van der Waals surface area (Å²) in [6.45, 7) is 0.650. The Morgan fingerprint density at radius 2 is 2.10 bits per heavy atom. The number of amides is 1. The fraction of sp³-hybridized carbons (Fsp3) is 0.250. The number of rotatable bonds is 3. The van der Waals surface area contributed by atoms with Crippen molar-refractivity contribution in [2.45, 2.75) is 4.90 Å². The fourth-order valence-corrected chi connectivity index (χ4v) is 2.31. The van der Waals surface area contributed by atoms with Crippen LogP contribution in [0.5, 0.6) is 0 Å². The van der Waals surface area contributed by atoms with Gasteiger partial charge in [0.25, 0.3) is 5.91 Å². The molecule has 1 heterocycles. The van der Waals surface area contributed by atoms with Crippen LogP contribution < -0.4 is 5.32 Å². The second-order valence-electron chi connectivity index (χ2n) is 4.07. The van der Waals surface area contributed by atoms with Crippen molar-refractivity contribution in [2.24, 2.45) is 0 Å². The fourth-order valence-electron chi connectivity index (χ4n) is 1.50. The summed E-state index contributed by atoms with van der Waals surface area (Å²) in [5.74, 6) is -0.547. The zero-order chi connectivity index (χ0) is 14.8. The van der Waals surface area contributed by atoms with Crippen molar-refractivity contribution in [1.82, 2.24) is 0 Å². The monoisotopic (exact) mass is 317 g/mol. The van der Waals surface area contributed by atoms with Gasteiger partial charge in [0.1, 0.15) is 19.5 Å². The number of hydrogen-bond donors (Lipinski definition) is 1. The van der Waals surface area contributed by atoms with Gasteiger partial charge in [-0.15, -0.1) is 0 Å². The molecule has 0 atom stereocenters. The lowest BCUT2D eigenvalue weighted by Crippen LogP contribution is -2.21. The Morgan fingerprint density at radius 3 is 2.70 bits per heavy atom. The van der Waals surface area contributed by atoms with Crippen LogP contribution in [0, 0.1) is 0 Å². The number of carbonyl (C=O) groups is 1. The molecule has 0 saturated carbocycles. The Kier molecular flexibility index (Phi) is 4.20. The van der Waals surface area contributed by atoms with Gasteiger partial charge in [-0.3, -0.25) is 4.79 Å². The van der Waals surface area contributed by atoms with Gasteiger partial charge in [-0.05, 0) is 18.2 Å². The molecule has 1 N–H and O–H groups in total. The first kappa shape index (κ1) is 14.7. The summed E-state index contributed by atoms with van der Waals surface area (Å²) in [6, 6.07) is 4.06. The third-order valence-electron chi connectivity index (χ3n) is 2.49. The van der Waals surface area contributed by atoms with E-state index in [0.717, 1.165) is 6.26 Å². The Hall–Kier alpha value is -1.73. The van der Waals surface area contributed by atoms with E-state index in [1.54, 1.807) is 0 Å². The van der Waals surface area contributed by atoms with Crippen LogP contribution in [0.1, 0.15) is 0 Å². The third kappa shape index (κ3) is 3.43. The molecule has 0 saturated heterocycles. The highest BCUT2D eigenvalue weighted by molar-refractivity contribution is 7.90. The van der Waals surface area contributed by atoms with Crippen LogP contribution in [0.15, 0.2) is 35.1 Å². The minimum absolute atomic E-state index is 0.0112. The summed E-state index contributed by atoms with van der Waals surface area (Å²) in [4.78, 5) is 12.0. The molecule has 0 spiro atoms. The average Bonchev–Trinajstić information content (AvgIpc) is 2.41. The first-order valence-electron chi connectivity index (χ1n) is 5.63. The number of carbonyl (C=O) groups excluding carboxylic acids is 1. The molecule has 6 nitrogen and oxygen atoms in total. The van der Waals surface area contributed by atoms with Gasteiger partial charge in [0.15, 0.2) is 9.84 Å². The van der Waals surface area contributed by atoms with Gasteiger partial charge in [0.05, 0.1) is 15.6 Å². The molecule has 1 aromatic carbocycles. The SMILES string of the molecule is CS(=O)(=O)c1ccc(Cl)c(NC(=O)C2=COCCO2)c1. The van der Waals surface area contributed by atoms with Gasteiger partial charge in [-0.2, -0.15) is 0 Å². The molecular formula is C12H12ClNO5S. The minimum atomic E-state index is -3.38. The highest BCUT2D eigenvalue weighted by Gasteiger charge is 2.17. The van der Waals surface area contributed by atoms with E-state index in [9.17, 15) is 13.2 Å². The molecule has 0 aromatic heterocycles. The van der Waals surface area contributed by atoms with Gasteiger partial charge in [0, 0.05) is 6.26 Å². The maximum Gasteiger partial charge on any atom is 0.294 e. The van der Waals surface area contributed by atoms with Gasteiger partial charge in [0.2, 0.25) is 5.76 Å². The molecule has 1 amide bonds. The molecule has 1 aliphatic rings. The lowest BCUT2D eigenvalue weighted by molar-refractivity contribution is -0.117. The number of nitrogens with one attached hydrogen (secondary N) is 1. The maximum absolute atomic E-state index is 11.9. The van der Waals surface area contributed by atoms with Crippen LogP contribution in [0.2, 0.25) is 5.02 Å². The van der Waals surface area contributed by atoms with E-state index in [1.807, 2.05) is 0 Å². The predicted molar refractivity (Wildman–Crippen MR) is 73.2 cm³/mol. The lowest BCUT2D eigenvalue weighted by Gasteiger charge is -2.15. The predicted octanol–water partition coefficient (Wildman–Crippen LogP) is 1.57. The summed E-state index contributed by atoms with van der Waals surface area (Å²) < 4.78 is 33.0.